The number of hydrogen-bond acceptors (Lipinski definition) is 3. The lowest BCUT2D eigenvalue weighted by molar-refractivity contribution is -0.128. The summed E-state index contributed by atoms with van der Waals surface area (Å²) in [4.78, 5) is 12.0. The number of benzene rings is 1. The molecule has 4 nitrogen and oxygen atoms in total. The van der Waals surface area contributed by atoms with Crippen LogP contribution in [0.1, 0.15) is 27.2 Å². The fraction of sp³-hybridized carbons (Fsp3) is 0.533. The van der Waals surface area contributed by atoms with Gasteiger partial charge in [-0.15, -0.1) is 0 Å². The topological polar surface area (TPSA) is 58.6 Å². The normalized spacial score (nSPS) is 13.9. The molecule has 0 saturated heterocycles. The van der Waals surface area contributed by atoms with E-state index >= 15 is 0 Å². The molecule has 0 saturated carbocycles. The Morgan fingerprint density at radius 2 is 2.00 bits per heavy atom. The van der Waals surface area contributed by atoms with Crippen LogP contribution in [0.3, 0.4) is 0 Å². The number of nitrogens with one attached hydrogen (secondary N) is 1. The molecule has 0 fully saturated rings. The number of aliphatic hydroxyl groups is 1. The highest BCUT2D eigenvalue weighted by molar-refractivity contribution is 5.81. The van der Waals surface area contributed by atoms with Crippen LogP contribution in [-0.4, -0.2) is 29.8 Å². The zero-order valence-electron chi connectivity index (χ0n) is 12.1. The second kappa shape index (κ2) is 7.85. The number of halogens is 1. The summed E-state index contributed by atoms with van der Waals surface area (Å²) in [6.45, 7) is 5.50. The summed E-state index contributed by atoms with van der Waals surface area (Å²) < 4.78 is 18.8. The molecule has 2 unspecified atom stereocenters. The summed E-state index contributed by atoms with van der Waals surface area (Å²) in [5.74, 6) is -0.562. The van der Waals surface area contributed by atoms with E-state index in [9.17, 15) is 9.18 Å². The zero-order valence-corrected chi connectivity index (χ0v) is 12.1. The highest BCUT2D eigenvalue weighted by atomic mass is 19.1. The smallest absolute Gasteiger partial charge is 0.261 e. The molecule has 1 aromatic carbocycles. The number of amides is 1. The molecule has 0 radical (unpaired) electrons. The lowest BCUT2D eigenvalue weighted by atomic mass is 10.0. The van der Waals surface area contributed by atoms with Crippen LogP contribution in [0.25, 0.3) is 0 Å². The van der Waals surface area contributed by atoms with Crippen molar-refractivity contribution < 1.29 is 19.0 Å². The van der Waals surface area contributed by atoms with E-state index in [4.69, 9.17) is 9.84 Å². The minimum Gasteiger partial charge on any atom is -0.478 e. The summed E-state index contributed by atoms with van der Waals surface area (Å²) >= 11 is 0. The first-order chi connectivity index (χ1) is 9.45. The number of carbonyl (C=O) groups is 1. The molecule has 5 heteroatoms. The van der Waals surface area contributed by atoms with Crippen LogP contribution in [0.5, 0.6) is 5.75 Å². The average molecular weight is 283 g/mol. The first kappa shape index (κ1) is 16.4. The van der Waals surface area contributed by atoms with Gasteiger partial charge in [0.2, 0.25) is 0 Å². The number of para-hydroxylation sites is 1. The molecule has 1 amide bonds. The number of ether oxygens (including phenoxy) is 1. The SMILES string of the molecule is CC(Oc1ccccc1F)C(=O)NC(CCO)C(C)C. The fourth-order valence-electron chi connectivity index (χ4n) is 1.80. The van der Waals surface area contributed by atoms with Gasteiger partial charge in [0.15, 0.2) is 17.7 Å². The van der Waals surface area contributed by atoms with E-state index in [-0.39, 0.29) is 30.2 Å². The highest BCUT2D eigenvalue weighted by Crippen LogP contribution is 2.17. The van der Waals surface area contributed by atoms with Gasteiger partial charge in [-0.1, -0.05) is 26.0 Å². The maximum Gasteiger partial charge on any atom is 0.261 e. The van der Waals surface area contributed by atoms with Crippen molar-refractivity contribution in [1.82, 2.24) is 5.32 Å². The summed E-state index contributed by atoms with van der Waals surface area (Å²) in [5, 5.41) is 11.8. The molecule has 1 aromatic rings. The molecule has 1 rings (SSSR count). The number of rotatable bonds is 7. The first-order valence-corrected chi connectivity index (χ1v) is 6.78. The van der Waals surface area contributed by atoms with E-state index in [0.29, 0.717) is 6.42 Å². The average Bonchev–Trinajstić information content (AvgIpc) is 2.40. The van der Waals surface area contributed by atoms with Crippen molar-refractivity contribution >= 4 is 5.91 Å². The maximum absolute atomic E-state index is 13.4. The number of hydrogen-bond donors (Lipinski definition) is 2. The van der Waals surface area contributed by atoms with Gasteiger partial charge in [-0.25, -0.2) is 4.39 Å². The van der Waals surface area contributed by atoms with Crippen molar-refractivity contribution in [3.8, 4) is 5.75 Å². The van der Waals surface area contributed by atoms with Crippen LogP contribution in [-0.2, 0) is 4.79 Å². The Bertz CT molecular complexity index is 437. The van der Waals surface area contributed by atoms with Crippen LogP contribution >= 0.6 is 0 Å². The van der Waals surface area contributed by atoms with Crippen molar-refractivity contribution in [3.05, 3.63) is 30.1 Å². The third-order valence-corrected chi connectivity index (χ3v) is 3.08. The molecule has 2 N–H and O–H groups in total. The minimum absolute atomic E-state index is 0.00563. The molecule has 0 aliphatic heterocycles. The van der Waals surface area contributed by atoms with Crippen LogP contribution in [0, 0.1) is 11.7 Å². The number of aliphatic hydroxyl groups excluding tert-OH is 1. The molecule has 0 bridgehead atoms. The summed E-state index contributed by atoms with van der Waals surface area (Å²) in [6, 6.07) is 5.84. The standard InChI is InChI=1S/C15H22FNO3/c1-10(2)13(8-9-18)17-15(19)11(3)20-14-7-5-4-6-12(14)16/h4-7,10-11,13,18H,8-9H2,1-3H3,(H,17,19). The van der Waals surface area contributed by atoms with Gasteiger partial charge < -0.3 is 15.2 Å². The minimum atomic E-state index is -0.799. The predicted octanol–water partition coefficient (Wildman–Crippen LogP) is 2.12. The van der Waals surface area contributed by atoms with Gasteiger partial charge in [-0.2, -0.15) is 0 Å². The zero-order chi connectivity index (χ0) is 15.1. The molecular formula is C15H22FNO3. The third-order valence-electron chi connectivity index (χ3n) is 3.08. The quantitative estimate of drug-likeness (QED) is 0.806. The maximum atomic E-state index is 13.4. The Morgan fingerprint density at radius 3 is 2.55 bits per heavy atom. The van der Waals surface area contributed by atoms with Gasteiger partial charge >= 0.3 is 0 Å². The Kier molecular flexibility index (Phi) is 6.45. The van der Waals surface area contributed by atoms with Crippen LogP contribution in [0.4, 0.5) is 4.39 Å². The van der Waals surface area contributed by atoms with Crippen molar-refractivity contribution in [1.29, 1.82) is 0 Å². The predicted molar refractivity (Wildman–Crippen MR) is 75.0 cm³/mol. The van der Waals surface area contributed by atoms with E-state index in [1.54, 1.807) is 19.1 Å². The van der Waals surface area contributed by atoms with E-state index in [2.05, 4.69) is 5.32 Å². The van der Waals surface area contributed by atoms with Crippen LogP contribution in [0.2, 0.25) is 0 Å². The molecule has 0 aliphatic carbocycles. The summed E-state index contributed by atoms with van der Waals surface area (Å²) in [5.41, 5.74) is 0. The molecule has 112 valence electrons. The molecule has 0 spiro atoms. The van der Waals surface area contributed by atoms with Gasteiger partial charge in [-0.05, 0) is 31.4 Å². The first-order valence-electron chi connectivity index (χ1n) is 6.78. The summed E-state index contributed by atoms with van der Waals surface area (Å²) in [7, 11) is 0. The third kappa shape index (κ3) is 4.81. The molecule has 20 heavy (non-hydrogen) atoms. The lowest BCUT2D eigenvalue weighted by Crippen LogP contribution is -2.45. The largest absolute Gasteiger partial charge is 0.478 e. The van der Waals surface area contributed by atoms with Gasteiger partial charge in [0.25, 0.3) is 5.91 Å². The van der Waals surface area contributed by atoms with Gasteiger partial charge in [0, 0.05) is 12.6 Å². The highest BCUT2D eigenvalue weighted by Gasteiger charge is 2.21. The monoisotopic (exact) mass is 283 g/mol. The van der Waals surface area contributed by atoms with Gasteiger partial charge in [0.1, 0.15) is 0 Å². The lowest BCUT2D eigenvalue weighted by Gasteiger charge is -2.24. The van der Waals surface area contributed by atoms with Crippen LogP contribution < -0.4 is 10.1 Å². The van der Waals surface area contributed by atoms with Crippen LogP contribution in [0.15, 0.2) is 24.3 Å². The molecule has 0 aliphatic rings. The molecule has 0 heterocycles. The Hall–Kier alpha value is -1.62. The Labute approximate surface area is 119 Å². The van der Waals surface area contributed by atoms with Gasteiger partial charge in [0.05, 0.1) is 0 Å². The van der Waals surface area contributed by atoms with E-state index in [1.807, 2.05) is 13.8 Å². The van der Waals surface area contributed by atoms with Crippen molar-refractivity contribution in [3.63, 3.8) is 0 Å². The second-order valence-electron chi connectivity index (χ2n) is 5.06. The van der Waals surface area contributed by atoms with Gasteiger partial charge in [-0.3, -0.25) is 4.79 Å². The molecule has 2 atom stereocenters. The van der Waals surface area contributed by atoms with Crippen molar-refractivity contribution in [2.24, 2.45) is 5.92 Å². The Morgan fingerprint density at radius 1 is 1.35 bits per heavy atom. The Balaban J connectivity index is 2.60. The summed E-state index contributed by atoms with van der Waals surface area (Å²) in [6.07, 6.45) is -0.317. The van der Waals surface area contributed by atoms with E-state index < -0.39 is 11.9 Å². The van der Waals surface area contributed by atoms with E-state index in [1.165, 1.54) is 12.1 Å². The van der Waals surface area contributed by atoms with Crippen molar-refractivity contribution in [2.45, 2.75) is 39.3 Å². The fourth-order valence-corrected chi connectivity index (χ4v) is 1.80. The van der Waals surface area contributed by atoms with Crippen molar-refractivity contribution in [2.75, 3.05) is 6.61 Å². The molecular weight excluding hydrogens is 261 g/mol. The number of carbonyl (C=O) groups excluding carboxylic acids is 1. The second-order valence-corrected chi connectivity index (χ2v) is 5.06. The molecule has 0 aromatic heterocycles. The van der Waals surface area contributed by atoms with E-state index in [0.717, 1.165) is 0 Å².